The first-order valence-corrected chi connectivity index (χ1v) is 8.23. The molecule has 0 spiro atoms. The number of aryl methyl sites for hydroxylation is 3. The van der Waals surface area contributed by atoms with Crippen molar-refractivity contribution in [1.82, 2.24) is 5.32 Å². The number of aliphatic carboxylic acids is 1. The van der Waals surface area contributed by atoms with Gasteiger partial charge in [-0.15, -0.1) is 0 Å². The Morgan fingerprint density at radius 2 is 1.96 bits per heavy atom. The van der Waals surface area contributed by atoms with Crippen LogP contribution in [0.1, 0.15) is 42.9 Å². The second-order valence-corrected chi connectivity index (χ2v) is 6.42. The Balaban J connectivity index is 2.18. The number of carboxylic acids is 1. The summed E-state index contributed by atoms with van der Waals surface area (Å²) in [5, 5.41) is 12.3. The molecule has 1 aromatic rings. The van der Waals surface area contributed by atoms with Gasteiger partial charge in [-0.05, 0) is 44.7 Å². The molecule has 5 heteroatoms. The first kappa shape index (κ1) is 17.5. The summed E-state index contributed by atoms with van der Waals surface area (Å²) in [7, 11) is 0. The van der Waals surface area contributed by atoms with Crippen molar-refractivity contribution in [3.63, 3.8) is 0 Å². The molecule has 0 aromatic heterocycles. The van der Waals surface area contributed by atoms with Crippen LogP contribution in [0.2, 0.25) is 0 Å². The number of hydrogen-bond donors (Lipinski definition) is 2. The smallest absolute Gasteiger partial charge is 0.320 e. The molecule has 0 saturated carbocycles. The molecule has 1 aliphatic rings. The molecule has 0 radical (unpaired) electrons. The molecule has 1 amide bonds. The maximum atomic E-state index is 12.7. The first-order chi connectivity index (χ1) is 10.8. The molecule has 23 heavy (non-hydrogen) atoms. The predicted octanol–water partition coefficient (Wildman–Crippen LogP) is 2.56. The van der Waals surface area contributed by atoms with E-state index in [9.17, 15) is 14.7 Å². The van der Waals surface area contributed by atoms with Crippen LogP contribution in [0, 0.1) is 20.8 Å². The van der Waals surface area contributed by atoms with Crippen LogP contribution < -0.4 is 10.2 Å². The van der Waals surface area contributed by atoms with Crippen LogP contribution in [0.3, 0.4) is 0 Å². The SMILES string of the molecule is CCCC(NC1CCN(c2c(C)cc(C)cc2C)C1=O)C(=O)O. The quantitative estimate of drug-likeness (QED) is 0.846. The summed E-state index contributed by atoms with van der Waals surface area (Å²) < 4.78 is 0. The van der Waals surface area contributed by atoms with Crippen molar-refractivity contribution < 1.29 is 14.7 Å². The van der Waals surface area contributed by atoms with Crippen molar-refractivity contribution in [2.75, 3.05) is 11.4 Å². The normalized spacial score (nSPS) is 19.2. The largest absolute Gasteiger partial charge is 0.480 e. The Kier molecular flexibility index (Phi) is 5.42. The van der Waals surface area contributed by atoms with Gasteiger partial charge in [-0.3, -0.25) is 14.9 Å². The highest BCUT2D eigenvalue weighted by atomic mass is 16.4. The lowest BCUT2D eigenvalue weighted by molar-refractivity contribution is -0.140. The van der Waals surface area contributed by atoms with Gasteiger partial charge >= 0.3 is 5.97 Å². The maximum Gasteiger partial charge on any atom is 0.320 e. The number of benzene rings is 1. The zero-order valence-electron chi connectivity index (χ0n) is 14.3. The van der Waals surface area contributed by atoms with E-state index in [1.54, 1.807) is 4.90 Å². The van der Waals surface area contributed by atoms with Gasteiger partial charge in [0.2, 0.25) is 5.91 Å². The molecule has 1 heterocycles. The molecule has 1 fully saturated rings. The van der Waals surface area contributed by atoms with Crippen molar-refractivity contribution >= 4 is 17.6 Å². The molecule has 2 unspecified atom stereocenters. The Morgan fingerprint density at radius 3 is 2.48 bits per heavy atom. The van der Waals surface area contributed by atoms with Crippen molar-refractivity contribution in [3.8, 4) is 0 Å². The lowest BCUT2D eigenvalue weighted by Gasteiger charge is -2.23. The number of rotatable bonds is 6. The Morgan fingerprint density at radius 1 is 1.35 bits per heavy atom. The van der Waals surface area contributed by atoms with Crippen LogP contribution in [0.5, 0.6) is 0 Å². The molecule has 1 aliphatic heterocycles. The second-order valence-electron chi connectivity index (χ2n) is 6.42. The van der Waals surface area contributed by atoms with Crippen molar-refractivity contribution in [2.45, 2.75) is 59.0 Å². The monoisotopic (exact) mass is 318 g/mol. The average Bonchev–Trinajstić information content (AvgIpc) is 2.79. The molecule has 2 N–H and O–H groups in total. The van der Waals surface area contributed by atoms with E-state index < -0.39 is 18.1 Å². The summed E-state index contributed by atoms with van der Waals surface area (Å²) in [6, 6.07) is 3.08. The average molecular weight is 318 g/mol. The van der Waals surface area contributed by atoms with Crippen LogP contribution in [0.25, 0.3) is 0 Å². The number of hydrogen-bond acceptors (Lipinski definition) is 3. The third kappa shape index (κ3) is 3.72. The van der Waals surface area contributed by atoms with Gasteiger partial charge in [-0.2, -0.15) is 0 Å². The van der Waals surface area contributed by atoms with Gasteiger partial charge < -0.3 is 10.0 Å². The minimum atomic E-state index is -0.888. The number of nitrogens with zero attached hydrogens (tertiary/aromatic N) is 1. The predicted molar refractivity (Wildman–Crippen MR) is 90.9 cm³/mol. The third-order valence-corrected chi connectivity index (χ3v) is 4.39. The van der Waals surface area contributed by atoms with Crippen molar-refractivity contribution in [3.05, 3.63) is 28.8 Å². The fourth-order valence-corrected chi connectivity index (χ4v) is 3.46. The molecule has 1 saturated heterocycles. The van der Waals surface area contributed by atoms with Crippen molar-refractivity contribution in [1.29, 1.82) is 0 Å². The molecule has 5 nitrogen and oxygen atoms in total. The van der Waals surface area contributed by atoms with Gasteiger partial charge in [0.05, 0.1) is 6.04 Å². The van der Waals surface area contributed by atoms with Crippen LogP contribution in [0.15, 0.2) is 12.1 Å². The molecule has 0 aliphatic carbocycles. The zero-order valence-corrected chi connectivity index (χ0v) is 14.3. The lowest BCUT2D eigenvalue weighted by atomic mass is 10.0. The molecule has 2 rings (SSSR count). The van der Waals surface area contributed by atoms with Crippen molar-refractivity contribution in [2.24, 2.45) is 0 Å². The number of anilines is 1. The van der Waals surface area contributed by atoms with E-state index >= 15 is 0 Å². The van der Waals surface area contributed by atoms with Crippen LogP contribution >= 0.6 is 0 Å². The topological polar surface area (TPSA) is 69.6 Å². The highest BCUT2D eigenvalue weighted by Crippen LogP contribution is 2.30. The highest BCUT2D eigenvalue weighted by Gasteiger charge is 2.36. The van der Waals surface area contributed by atoms with E-state index in [0.29, 0.717) is 19.4 Å². The minimum absolute atomic E-state index is 0.0255. The van der Waals surface area contributed by atoms with Gasteiger partial charge in [0.1, 0.15) is 6.04 Å². The summed E-state index contributed by atoms with van der Waals surface area (Å²) in [5.41, 5.74) is 4.31. The Labute approximate surface area is 137 Å². The van der Waals surface area contributed by atoms with E-state index in [2.05, 4.69) is 17.4 Å². The second kappa shape index (κ2) is 7.13. The van der Waals surface area contributed by atoms with Crippen LogP contribution in [-0.4, -0.2) is 35.6 Å². The van der Waals surface area contributed by atoms with Gasteiger partial charge in [0.15, 0.2) is 0 Å². The van der Waals surface area contributed by atoms with Gasteiger partial charge in [0.25, 0.3) is 0 Å². The summed E-state index contributed by atoms with van der Waals surface area (Å²) in [6.45, 7) is 8.64. The van der Waals surface area contributed by atoms with E-state index in [0.717, 1.165) is 23.2 Å². The maximum absolute atomic E-state index is 12.7. The van der Waals surface area contributed by atoms with Crippen LogP contribution in [-0.2, 0) is 9.59 Å². The number of carboxylic acid groups (broad SMARTS) is 1. The summed E-state index contributed by atoms with van der Waals surface area (Å²) >= 11 is 0. The fraction of sp³-hybridized carbons (Fsp3) is 0.556. The zero-order chi connectivity index (χ0) is 17.1. The van der Waals surface area contributed by atoms with E-state index in [1.165, 1.54) is 5.56 Å². The Hall–Kier alpha value is -1.88. The van der Waals surface area contributed by atoms with Gasteiger partial charge in [-0.25, -0.2) is 0 Å². The molecule has 0 bridgehead atoms. The molecule has 2 atom stereocenters. The molecular formula is C18H26N2O3. The van der Waals surface area contributed by atoms with E-state index in [1.807, 2.05) is 27.7 Å². The highest BCUT2D eigenvalue weighted by molar-refractivity contribution is 6.01. The van der Waals surface area contributed by atoms with Crippen LogP contribution in [0.4, 0.5) is 5.69 Å². The summed E-state index contributed by atoms with van der Waals surface area (Å²) in [5.74, 6) is -0.914. The number of amides is 1. The van der Waals surface area contributed by atoms with Gasteiger partial charge in [0, 0.05) is 12.2 Å². The third-order valence-electron chi connectivity index (χ3n) is 4.39. The number of nitrogens with one attached hydrogen (secondary N) is 1. The number of carbonyl (C=O) groups excluding carboxylic acids is 1. The molecule has 126 valence electrons. The first-order valence-electron chi connectivity index (χ1n) is 8.23. The summed E-state index contributed by atoms with van der Waals surface area (Å²) in [4.78, 5) is 25.8. The Bertz CT molecular complexity index is 589. The van der Waals surface area contributed by atoms with E-state index in [-0.39, 0.29) is 5.91 Å². The van der Waals surface area contributed by atoms with Gasteiger partial charge in [-0.1, -0.05) is 31.0 Å². The lowest BCUT2D eigenvalue weighted by Crippen LogP contribution is -2.47. The summed E-state index contributed by atoms with van der Waals surface area (Å²) in [6.07, 6.45) is 1.94. The van der Waals surface area contributed by atoms with E-state index in [4.69, 9.17) is 0 Å². The molecular weight excluding hydrogens is 292 g/mol. The minimum Gasteiger partial charge on any atom is -0.480 e. The standard InChI is InChI=1S/C18H26N2O3/c1-5-6-15(18(22)23)19-14-7-8-20(17(14)21)16-12(3)9-11(2)10-13(16)4/h9-10,14-15,19H,5-8H2,1-4H3,(H,22,23). The molecule has 1 aromatic carbocycles. The fourth-order valence-electron chi connectivity index (χ4n) is 3.46. The number of carbonyl (C=O) groups is 2.